The molecule has 3 aliphatic heterocycles. The molecule has 0 aliphatic carbocycles. The number of hydrogen-bond donors (Lipinski definition) is 3. The van der Waals surface area contributed by atoms with Crippen molar-refractivity contribution >= 4 is 11.8 Å². The molecule has 0 aromatic heterocycles. The van der Waals surface area contributed by atoms with Crippen molar-refractivity contribution in [3.63, 3.8) is 0 Å². The van der Waals surface area contributed by atoms with Gasteiger partial charge in [0.2, 0.25) is 11.8 Å². The van der Waals surface area contributed by atoms with Crippen molar-refractivity contribution in [3.05, 3.63) is 35.9 Å². The smallest absolute Gasteiger partial charge is 0.237 e. The van der Waals surface area contributed by atoms with Crippen LogP contribution in [0.1, 0.15) is 37.7 Å². The molecule has 4 rings (SSSR count). The van der Waals surface area contributed by atoms with E-state index >= 15 is 0 Å². The first-order valence-corrected chi connectivity index (χ1v) is 10.9. The van der Waals surface area contributed by atoms with Crippen LogP contribution in [0.15, 0.2) is 30.3 Å². The first kappa shape index (κ1) is 20.3. The van der Waals surface area contributed by atoms with Gasteiger partial charge < -0.3 is 20.6 Å². The summed E-state index contributed by atoms with van der Waals surface area (Å²) in [5.41, 5.74) is 1.25. The fourth-order valence-electron chi connectivity index (χ4n) is 4.81. The van der Waals surface area contributed by atoms with Crippen molar-refractivity contribution in [1.29, 1.82) is 0 Å². The van der Waals surface area contributed by atoms with Gasteiger partial charge >= 0.3 is 0 Å². The normalized spacial score (nSPS) is 28.2. The molecule has 0 spiro atoms. The minimum absolute atomic E-state index is 0.0951. The van der Waals surface area contributed by atoms with E-state index < -0.39 is 0 Å². The highest BCUT2D eigenvalue weighted by atomic mass is 16.3. The van der Waals surface area contributed by atoms with Crippen LogP contribution in [0.25, 0.3) is 0 Å². The Morgan fingerprint density at radius 2 is 1.97 bits per heavy atom. The van der Waals surface area contributed by atoms with Crippen LogP contribution < -0.4 is 10.6 Å². The summed E-state index contributed by atoms with van der Waals surface area (Å²) in [4.78, 5) is 29.1. The molecule has 7 nitrogen and oxygen atoms in total. The Labute approximate surface area is 172 Å². The first-order chi connectivity index (χ1) is 14.1. The number of nitrogens with one attached hydrogen (secondary N) is 2. The molecule has 3 aliphatic rings. The number of rotatable bonds is 6. The zero-order chi connectivity index (χ0) is 20.2. The molecule has 0 bridgehead atoms. The van der Waals surface area contributed by atoms with Gasteiger partial charge in [-0.05, 0) is 31.2 Å². The SMILES string of the molecule is O=C1NC[C@@H](CCC(=O)N2CCC(O)CC2)N2C[C@@H](NCc3ccccc3)C[C@@H]12. The van der Waals surface area contributed by atoms with Crippen molar-refractivity contribution in [1.82, 2.24) is 20.4 Å². The number of nitrogens with zero attached hydrogens (tertiary/aromatic N) is 2. The van der Waals surface area contributed by atoms with Crippen LogP contribution in [0.2, 0.25) is 0 Å². The highest BCUT2D eigenvalue weighted by Gasteiger charge is 2.43. The third-order valence-corrected chi connectivity index (χ3v) is 6.57. The second-order valence-electron chi connectivity index (χ2n) is 8.56. The topological polar surface area (TPSA) is 84.9 Å². The second-order valence-corrected chi connectivity index (χ2v) is 8.56. The summed E-state index contributed by atoms with van der Waals surface area (Å²) in [6.45, 7) is 3.57. The standard InChI is InChI=1S/C22H32N4O3/c27-19-8-10-25(11-9-19)21(28)7-6-18-14-24-22(29)20-12-17(15-26(18)20)23-13-16-4-2-1-3-5-16/h1-5,17-20,23,27H,6-15H2,(H,24,29)/t17-,18+,20-/m0/s1. The molecule has 3 fully saturated rings. The van der Waals surface area contributed by atoms with Gasteiger partial charge in [-0.25, -0.2) is 0 Å². The van der Waals surface area contributed by atoms with E-state index in [9.17, 15) is 14.7 Å². The molecule has 0 saturated carbocycles. The van der Waals surface area contributed by atoms with Gasteiger partial charge in [0.05, 0.1) is 12.1 Å². The van der Waals surface area contributed by atoms with Crippen LogP contribution in [0.4, 0.5) is 0 Å². The lowest BCUT2D eigenvalue weighted by Crippen LogP contribution is -2.58. The van der Waals surface area contributed by atoms with E-state index in [1.54, 1.807) is 0 Å². The Hall–Kier alpha value is -1.96. The van der Waals surface area contributed by atoms with Gasteiger partial charge in [-0.1, -0.05) is 30.3 Å². The average Bonchev–Trinajstić information content (AvgIpc) is 3.18. The molecule has 158 valence electrons. The maximum Gasteiger partial charge on any atom is 0.237 e. The number of amides is 2. The van der Waals surface area contributed by atoms with Crippen LogP contribution in [-0.2, 0) is 16.1 Å². The van der Waals surface area contributed by atoms with Crippen LogP contribution in [0.5, 0.6) is 0 Å². The molecule has 7 heteroatoms. The molecule has 1 aromatic rings. The van der Waals surface area contributed by atoms with Crippen LogP contribution in [0.3, 0.4) is 0 Å². The number of aliphatic hydroxyl groups excluding tert-OH is 1. The molecule has 3 heterocycles. The highest BCUT2D eigenvalue weighted by molar-refractivity contribution is 5.83. The number of carbonyl (C=O) groups excluding carboxylic acids is 2. The molecule has 29 heavy (non-hydrogen) atoms. The molecule has 3 N–H and O–H groups in total. The lowest BCUT2D eigenvalue weighted by Gasteiger charge is -2.37. The Balaban J connectivity index is 1.28. The monoisotopic (exact) mass is 400 g/mol. The van der Waals surface area contributed by atoms with Gasteiger partial charge in [0.1, 0.15) is 0 Å². The van der Waals surface area contributed by atoms with E-state index in [-0.39, 0.29) is 36.0 Å². The molecule has 1 aromatic carbocycles. The fraction of sp³-hybridized carbons (Fsp3) is 0.636. The number of aliphatic hydroxyl groups is 1. The Morgan fingerprint density at radius 1 is 1.21 bits per heavy atom. The van der Waals surface area contributed by atoms with Crippen molar-refractivity contribution in [2.24, 2.45) is 0 Å². The van der Waals surface area contributed by atoms with Crippen molar-refractivity contribution in [3.8, 4) is 0 Å². The largest absolute Gasteiger partial charge is 0.393 e. The quantitative estimate of drug-likeness (QED) is 0.647. The number of likely N-dealkylation sites (tertiary alicyclic amines) is 1. The summed E-state index contributed by atoms with van der Waals surface area (Å²) >= 11 is 0. The highest BCUT2D eigenvalue weighted by Crippen LogP contribution is 2.26. The molecule has 2 amide bonds. The summed E-state index contributed by atoms with van der Waals surface area (Å²) in [5.74, 6) is 0.282. The number of carbonyl (C=O) groups is 2. The van der Waals surface area contributed by atoms with Gasteiger partial charge in [0, 0.05) is 51.2 Å². The first-order valence-electron chi connectivity index (χ1n) is 10.9. The Kier molecular flexibility index (Phi) is 6.47. The predicted octanol–water partition coefficient (Wildman–Crippen LogP) is 0.481. The maximum atomic E-state index is 12.6. The third-order valence-electron chi connectivity index (χ3n) is 6.57. The van der Waals surface area contributed by atoms with E-state index in [0.717, 1.165) is 25.9 Å². The van der Waals surface area contributed by atoms with Crippen molar-refractivity contribution < 1.29 is 14.7 Å². The summed E-state index contributed by atoms with van der Waals surface area (Å²) < 4.78 is 0. The lowest BCUT2D eigenvalue weighted by molar-refractivity contribution is -0.134. The minimum atomic E-state index is -0.265. The number of piperidine rings is 1. The van der Waals surface area contributed by atoms with Crippen LogP contribution >= 0.6 is 0 Å². The molecule has 0 unspecified atom stereocenters. The van der Waals surface area contributed by atoms with Crippen molar-refractivity contribution in [2.45, 2.75) is 62.9 Å². The minimum Gasteiger partial charge on any atom is -0.393 e. The Morgan fingerprint density at radius 3 is 2.72 bits per heavy atom. The lowest BCUT2D eigenvalue weighted by atomic mass is 10.0. The van der Waals surface area contributed by atoms with Crippen molar-refractivity contribution in [2.75, 3.05) is 26.2 Å². The third kappa shape index (κ3) is 4.97. The summed E-state index contributed by atoms with van der Waals surface area (Å²) in [7, 11) is 0. The summed E-state index contributed by atoms with van der Waals surface area (Å²) in [5, 5.41) is 16.3. The summed E-state index contributed by atoms with van der Waals surface area (Å²) in [6.07, 6.45) is 3.16. The molecule has 3 saturated heterocycles. The maximum absolute atomic E-state index is 12.6. The number of hydrogen-bond acceptors (Lipinski definition) is 5. The Bertz CT molecular complexity index is 705. The van der Waals surface area contributed by atoms with Crippen LogP contribution in [0, 0.1) is 0 Å². The van der Waals surface area contributed by atoms with E-state index in [4.69, 9.17) is 0 Å². The zero-order valence-electron chi connectivity index (χ0n) is 16.9. The number of fused-ring (bicyclic) bond motifs is 1. The number of piperazine rings is 1. The van der Waals surface area contributed by atoms with Gasteiger partial charge in [-0.15, -0.1) is 0 Å². The zero-order valence-corrected chi connectivity index (χ0v) is 16.9. The second kappa shape index (κ2) is 9.24. The van der Waals surface area contributed by atoms with Gasteiger partial charge in [-0.3, -0.25) is 14.5 Å². The average molecular weight is 401 g/mol. The fourth-order valence-corrected chi connectivity index (χ4v) is 4.81. The number of benzene rings is 1. The van der Waals surface area contributed by atoms with Gasteiger partial charge in [0.25, 0.3) is 0 Å². The van der Waals surface area contributed by atoms with E-state index in [2.05, 4.69) is 27.7 Å². The summed E-state index contributed by atoms with van der Waals surface area (Å²) in [6, 6.07) is 10.7. The van der Waals surface area contributed by atoms with E-state index in [1.165, 1.54) is 5.56 Å². The molecular formula is C22H32N4O3. The van der Waals surface area contributed by atoms with E-state index in [1.807, 2.05) is 23.1 Å². The molecule has 0 radical (unpaired) electrons. The molecule has 3 atom stereocenters. The van der Waals surface area contributed by atoms with Crippen LogP contribution in [-0.4, -0.2) is 77.1 Å². The predicted molar refractivity (Wildman–Crippen MR) is 110 cm³/mol. The van der Waals surface area contributed by atoms with E-state index in [0.29, 0.717) is 38.9 Å². The van der Waals surface area contributed by atoms with Gasteiger partial charge in [0.15, 0.2) is 0 Å². The van der Waals surface area contributed by atoms with Gasteiger partial charge in [-0.2, -0.15) is 0 Å². The molecular weight excluding hydrogens is 368 g/mol.